The summed E-state index contributed by atoms with van der Waals surface area (Å²) in [6.07, 6.45) is 3.89. The van der Waals surface area contributed by atoms with E-state index in [4.69, 9.17) is 40.2 Å². The lowest BCUT2D eigenvalue weighted by Gasteiger charge is -2.30. The highest BCUT2D eigenvalue weighted by Gasteiger charge is 2.33. The van der Waals surface area contributed by atoms with Gasteiger partial charge in [-0.3, -0.25) is 14.6 Å². The topological polar surface area (TPSA) is 39.3 Å². The van der Waals surface area contributed by atoms with Crippen molar-refractivity contribution in [3.8, 4) is 0 Å². The molecule has 0 N–H and O–H groups in total. The summed E-state index contributed by atoms with van der Waals surface area (Å²) in [5.41, 5.74) is 2.04. The minimum atomic E-state index is -0.0381. The van der Waals surface area contributed by atoms with Crippen LogP contribution < -0.4 is 9.80 Å². The van der Waals surface area contributed by atoms with Crippen molar-refractivity contribution >= 4 is 68.8 Å². The Morgan fingerprint density at radius 1 is 1.00 bits per heavy atom. The van der Waals surface area contributed by atoms with E-state index in [1.54, 1.807) is 4.90 Å². The molecule has 0 unspecified atom stereocenters. The number of thioether (sulfide) groups is 1. The molecule has 1 aromatic carbocycles. The molecule has 1 aromatic rings. The summed E-state index contributed by atoms with van der Waals surface area (Å²) in [6.45, 7) is 10.4. The largest absolute Gasteiger partial charge is 0.379 e. The third-order valence-corrected chi connectivity index (χ3v) is 7.90. The van der Waals surface area contributed by atoms with Crippen LogP contribution in [-0.2, 0) is 9.53 Å². The normalized spacial score (nSPS) is 22.1. The summed E-state index contributed by atoms with van der Waals surface area (Å²) in [5, 5.41) is 1.06. The Kier molecular flexibility index (Phi) is 7.69. The lowest BCUT2D eigenvalue weighted by atomic mass is 10.2. The average molecular weight is 514 g/mol. The number of hydrogen-bond acceptors (Lipinski definition) is 7. The number of carbonyl (C=O) groups excluding carboxylic acids is 1. The number of rotatable bonds is 6. The molecule has 0 saturated carbocycles. The fourth-order valence-corrected chi connectivity index (χ4v) is 5.74. The maximum Gasteiger partial charge on any atom is 0.266 e. The van der Waals surface area contributed by atoms with Gasteiger partial charge in [0.25, 0.3) is 5.91 Å². The predicted octanol–water partition coefficient (Wildman–Crippen LogP) is 4.58. The van der Waals surface area contributed by atoms with Crippen LogP contribution in [0.1, 0.15) is 13.8 Å². The molecule has 3 aliphatic rings. The number of fused-ring (bicyclic) bond motifs is 1. The van der Waals surface area contributed by atoms with Gasteiger partial charge in [-0.15, -0.1) is 0 Å². The number of anilines is 2. The summed E-state index contributed by atoms with van der Waals surface area (Å²) >= 11 is 19.4. The van der Waals surface area contributed by atoms with Crippen LogP contribution in [0.4, 0.5) is 11.4 Å². The van der Waals surface area contributed by atoms with Crippen molar-refractivity contribution in [1.29, 1.82) is 0 Å². The number of benzene rings is 1. The zero-order valence-corrected chi connectivity index (χ0v) is 21.3. The molecule has 6 nitrogen and oxygen atoms in total. The molecule has 0 radical (unpaired) electrons. The van der Waals surface area contributed by atoms with Crippen LogP contribution in [0, 0.1) is 0 Å². The number of allylic oxidation sites excluding steroid dienone is 2. The molecule has 0 bridgehead atoms. The third-order valence-electron chi connectivity index (χ3n) is 5.79. The van der Waals surface area contributed by atoms with Crippen LogP contribution in [0.2, 0.25) is 10.0 Å². The standard InChI is InChI=1S/C22H26Cl2N4O2S2/c1-3-26-17-13-15(23)16(24)14-18(17)28(8-7-25-9-11-30-12-10-25)20(26)6-5-19-21(29)27(4-2)22(31)32-19/h5-6,13-14H,3-4,7-12H2,1-2H3. The maximum atomic E-state index is 12.7. The number of amides is 1. The first-order valence-corrected chi connectivity index (χ1v) is 12.7. The fraction of sp³-hybridized carbons (Fsp3) is 0.455. The van der Waals surface area contributed by atoms with E-state index in [-0.39, 0.29) is 5.91 Å². The molecule has 3 aliphatic heterocycles. The van der Waals surface area contributed by atoms with E-state index >= 15 is 0 Å². The van der Waals surface area contributed by atoms with E-state index in [2.05, 4.69) is 21.6 Å². The zero-order chi connectivity index (χ0) is 22.8. The van der Waals surface area contributed by atoms with Gasteiger partial charge in [0.05, 0.1) is 39.5 Å². The number of hydrogen-bond donors (Lipinski definition) is 0. The first kappa shape index (κ1) is 23.9. The predicted molar refractivity (Wildman–Crippen MR) is 138 cm³/mol. The molecular weight excluding hydrogens is 487 g/mol. The van der Waals surface area contributed by atoms with Gasteiger partial charge in [0, 0.05) is 39.3 Å². The number of thiocarbonyl (C=S) groups is 1. The summed E-state index contributed by atoms with van der Waals surface area (Å²) in [4.78, 5) is 21.8. The van der Waals surface area contributed by atoms with Crippen molar-refractivity contribution < 1.29 is 9.53 Å². The van der Waals surface area contributed by atoms with Crippen molar-refractivity contribution in [3.05, 3.63) is 45.1 Å². The van der Waals surface area contributed by atoms with E-state index in [0.29, 0.717) is 25.8 Å². The number of nitrogens with zero attached hydrogens (tertiary/aromatic N) is 4. The number of morpholine rings is 1. The van der Waals surface area contributed by atoms with Crippen LogP contribution >= 0.6 is 47.2 Å². The molecule has 172 valence electrons. The fourth-order valence-electron chi connectivity index (χ4n) is 4.10. The Morgan fingerprint density at radius 2 is 1.62 bits per heavy atom. The molecular formula is C22H26Cl2N4O2S2. The second kappa shape index (κ2) is 10.3. The number of likely N-dealkylation sites (N-methyl/N-ethyl adjacent to an activating group) is 1. The van der Waals surface area contributed by atoms with Crippen molar-refractivity contribution in [2.45, 2.75) is 13.8 Å². The van der Waals surface area contributed by atoms with Gasteiger partial charge in [-0.25, -0.2) is 0 Å². The molecule has 0 spiro atoms. The van der Waals surface area contributed by atoms with Crippen LogP contribution in [0.25, 0.3) is 0 Å². The van der Waals surface area contributed by atoms with Gasteiger partial charge < -0.3 is 14.5 Å². The minimum absolute atomic E-state index is 0.0381. The number of halogens is 2. The molecule has 1 amide bonds. The molecule has 0 atom stereocenters. The Morgan fingerprint density at radius 3 is 2.22 bits per heavy atom. The van der Waals surface area contributed by atoms with Gasteiger partial charge in [-0.05, 0) is 38.1 Å². The SMILES string of the molecule is CCN1C(=O)C(=CC=C2N(CC)c3cc(Cl)c(Cl)cc3N2CCN2CCOCC2)SC1=S. The van der Waals surface area contributed by atoms with Crippen LogP contribution in [-0.4, -0.2) is 72.5 Å². The molecule has 3 heterocycles. The Bertz CT molecular complexity index is 979. The van der Waals surface area contributed by atoms with E-state index < -0.39 is 0 Å². The highest BCUT2D eigenvalue weighted by molar-refractivity contribution is 8.26. The Balaban J connectivity index is 1.67. The lowest BCUT2D eigenvalue weighted by Crippen LogP contribution is -2.41. The monoisotopic (exact) mass is 512 g/mol. The van der Waals surface area contributed by atoms with Crippen LogP contribution in [0.3, 0.4) is 0 Å². The van der Waals surface area contributed by atoms with Crippen LogP contribution in [0.5, 0.6) is 0 Å². The quantitative estimate of drug-likeness (QED) is 0.408. The van der Waals surface area contributed by atoms with Crippen LogP contribution in [0.15, 0.2) is 35.0 Å². The van der Waals surface area contributed by atoms with Gasteiger partial charge in [0.1, 0.15) is 10.1 Å². The van der Waals surface area contributed by atoms with Crippen molar-refractivity contribution in [1.82, 2.24) is 9.80 Å². The molecule has 2 fully saturated rings. The van der Waals surface area contributed by atoms with Crippen molar-refractivity contribution in [2.75, 3.05) is 62.3 Å². The minimum Gasteiger partial charge on any atom is -0.379 e. The number of ether oxygens (including phenoxy) is 1. The van der Waals surface area contributed by atoms with Crippen molar-refractivity contribution in [2.24, 2.45) is 0 Å². The summed E-state index contributed by atoms with van der Waals surface area (Å²) < 4.78 is 6.08. The molecule has 10 heteroatoms. The smallest absolute Gasteiger partial charge is 0.266 e. The molecule has 2 saturated heterocycles. The molecule has 0 aromatic heterocycles. The highest BCUT2D eigenvalue weighted by atomic mass is 35.5. The summed E-state index contributed by atoms with van der Waals surface area (Å²) in [5.74, 6) is 0.958. The highest BCUT2D eigenvalue weighted by Crippen LogP contribution is 2.45. The first-order chi connectivity index (χ1) is 15.4. The van der Waals surface area contributed by atoms with Gasteiger partial charge in [0.15, 0.2) is 0 Å². The number of carbonyl (C=O) groups is 1. The van der Waals surface area contributed by atoms with E-state index in [1.165, 1.54) is 11.8 Å². The Hall–Kier alpha value is -1.29. The zero-order valence-electron chi connectivity index (χ0n) is 18.1. The van der Waals surface area contributed by atoms with Gasteiger partial charge in [0.2, 0.25) is 0 Å². The molecule has 4 rings (SSSR count). The average Bonchev–Trinajstić information content (AvgIpc) is 3.23. The maximum absolute atomic E-state index is 12.7. The summed E-state index contributed by atoms with van der Waals surface area (Å²) in [6, 6.07) is 3.85. The van der Waals surface area contributed by atoms with Crippen molar-refractivity contribution in [3.63, 3.8) is 0 Å². The van der Waals surface area contributed by atoms with E-state index in [1.807, 2.05) is 31.2 Å². The summed E-state index contributed by atoms with van der Waals surface area (Å²) in [7, 11) is 0. The Labute approximate surface area is 208 Å². The van der Waals surface area contributed by atoms with E-state index in [0.717, 1.165) is 63.1 Å². The van der Waals surface area contributed by atoms with E-state index in [9.17, 15) is 4.79 Å². The molecule has 32 heavy (non-hydrogen) atoms. The van der Waals surface area contributed by atoms with Gasteiger partial charge >= 0.3 is 0 Å². The second-order valence-electron chi connectivity index (χ2n) is 7.58. The first-order valence-electron chi connectivity index (χ1n) is 10.7. The second-order valence-corrected chi connectivity index (χ2v) is 10.1. The van der Waals surface area contributed by atoms with Gasteiger partial charge in [-0.1, -0.05) is 47.2 Å². The lowest BCUT2D eigenvalue weighted by molar-refractivity contribution is -0.122. The van der Waals surface area contributed by atoms with Gasteiger partial charge in [-0.2, -0.15) is 0 Å². The molecule has 0 aliphatic carbocycles. The third kappa shape index (κ3) is 4.67.